The van der Waals surface area contributed by atoms with Crippen molar-refractivity contribution in [1.29, 1.82) is 0 Å². The third kappa shape index (κ3) is 5.44. The number of aromatic nitrogens is 2. The Balaban J connectivity index is 1.72. The number of benzene rings is 1. The summed E-state index contributed by atoms with van der Waals surface area (Å²) in [7, 11) is 0. The van der Waals surface area contributed by atoms with Crippen molar-refractivity contribution in [3.63, 3.8) is 0 Å². The van der Waals surface area contributed by atoms with Gasteiger partial charge in [-0.05, 0) is 37.6 Å². The highest BCUT2D eigenvalue weighted by Crippen LogP contribution is 2.18. The molecule has 118 valence electrons. The van der Waals surface area contributed by atoms with Gasteiger partial charge in [0, 0.05) is 11.4 Å². The third-order valence-electron chi connectivity index (χ3n) is 2.68. The fraction of sp³-hybridized carbons (Fsp3) is 0.357. The van der Waals surface area contributed by atoms with Gasteiger partial charge >= 0.3 is 0 Å². The van der Waals surface area contributed by atoms with Crippen LogP contribution in [0.25, 0.3) is 0 Å². The lowest BCUT2D eigenvalue weighted by molar-refractivity contribution is -0.115. The molecule has 1 N–H and O–H groups in total. The van der Waals surface area contributed by atoms with Crippen molar-refractivity contribution in [2.24, 2.45) is 0 Å². The summed E-state index contributed by atoms with van der Waals surface area (Å²) in [5, 5.41) is 11.9. The van der Waals surface area contributed by atoms with E-state index in [2.05, 4.69) is 15.5 Å². The molecule has 1 aromatic carbocycles. The summed E-state index contributed by atoms with van der Waals surface area (Å²) in [5.41, 5.74) is 0. The zero-order valence-corrected chi connectivity index (χ0v) is 14.2. The van der Waals surface area contributed by atoms with E-state index in [-0.39, 0.29) is 5.91 Å². The Morgan fingerprint density at radius 3 is 2.77 bits per heavy atom. The molecule has 0 aliphatic rings. The van der Waals surface area contributed by atoms with Crippen molar-refractivity contribution in [3.8, 4) is 5.75 Å². The summed E-state index contributed by atoms with van der Waals surface area (Å²) < 4.78 is 5.60. The number of anilines is 1. The molecular weight excluding hydrogens is 345 g/mol. The number of hydrogen-bond acceptors (Lipinski definition) is 5. The van der Waals surface area contributed by atoms with E-state index in [1.165, 1.54) is 11.3 Å². The van der Waals surface area contributed by atoms with Crippen molar-refractivity contribution in [2.45, 2.75) is 25.1 Å². The molecule has 0 aliphatic heterocycles. The second kappa shape index (κ2) is 8.31. The van der Waals surface area contributed by atoms with Crippen LogP contribution in [0.3, 0.4) is 0 Å². The number of alkyl halides is 1. The maximum atomic E-state index is 11.4. The van der Waals surface area contributed by atoms with Crippen molar-refractivity contribution in [2.75, 3.05) is 11.9 Å². The smallest absolute Gasteiger partial charge is 0.243 e. The number of aryl methyl sites for hydroxylation is 1. The molecule has 22 heavy (non-hydrogen) atoms. The first kappa shape index (κ1) is 17.0. The summed E-state index contributed by atoms with van der Waals surface area (Å²) >= 11 is 12.8. The maximum absolute atomic E-state index is 11.4. The van der Waals surface area contributed by atoms with Gasteiger partial charge in [-0.2, -0.15) is 0 Å². The SMILES string of the molecule is CC(Cl)C(=O)Nc1nnc(CCCOc2ccc(Cl)cc2)s1. The van der Waals surface area contributed by atoms with Gasteiger partial charge in [0.15, 0.2) is 0 Å². The van der Waals surface area contributed by atoms with E-state index in [1.807, 2.05) is 12.1 Å². The van der Waals surface area contributed by atoms with Gasteiger partial charge in [0.1, 0.15) is 16.1 Å². The first-order valence-corrected chi connectivity index (χ1v) is 8.33. The maximum Gasteiger partial charge on any atom is 0.243 e. The molecule has 1 heterocycles. The molecule has 2 aromatic rings. The number of amides is 1. The second-order valence-electron chi connectivity index (χ2n) is 4.51. The quantitative estimate of drug-likeness (QED) is 0.603. The van der Waals surface area contributed by atoms with Crippen LogP contribution in [0, 0.1) is 0 Å². The van der Waals surface area contributed by atoms with Crippen LogP contribution >= 0.6 is 34.5 Å². The molecular formula is C14H15Cl2N3O2S. The number of hydrogen-bond donors (Lipinski definition) is 1. The predicted octanol–water partition coefficient (Wildman–Crippen LogP) is 3.77. The number of halogens is 2. The molecule has 2 rings (SSSR count). The Morgan fingerprint density at radius 1 is 1.36 bits per heavy atom. The summed E-state index contributed by atoms with van der Waals surface area (Å²) in [5.74, 6) is 0.501. The monoisotopic (exact) mass is 359 g/mol. The number of carbonyl (C=O) groups excluding carboxylic acids is 1. The number of nitrogens with one attached hydrogen (secondary N) is 1. The Kier molecular flexibility index (Phi) is 6.42. The van der Waals surface area contributed by atoms with E-state index >= 15 is 0 Å². The van der Waals surface area contributed by atoms with E-state index in [0.717, 1.165) is 23.6 Å². The summed E-state index contributed by atoms with van der Waals surface area (Å²) in [6.45, 7) is 2.18. The van der Waals surface area contributed by atoms with Crippen LogP contribution in [0.1, 0.15) is 18.4 Å². The molecule has 0 bridgehead atoms. The van der Waals surface area contributed by atoms with Crippen LogP contribution in [0.15, 0.2) is 24.3 Å². The minimum absolute atomic E-state index is 0.282. The highest BCUT2D eigenvalue weighted by molar-refractivity contribution is 7.15. The Hall–Kier alpha value is -1.37. The van der Waals surface area contributed by atoms with E-state index < -0.39 is 5.38 Å². The molecule has 0 spiro atoms. The van der Waals surface area contributed by atoms with Crippen molar-refractivity contribution >= 4 is 45.6 Å². The Morgan fingerprint density at radius 2 is 2.09 bits per heavy atom. The normalized spacial score (nSPS) is 12.0. The van der Waals surface area contributed by atoms with Crippen molar-refractivity contribution < 1.29 is 9.53 Å². The minimum atomic E-state index is -0.597. The first-order valence-electron chi connectivity index (χ1n) is 6.70. The van der Waals surface area contributed by atoms with Crippen LogP contribution in [-0.2, 0) is 11.2 Å². The van der Waals surface area contributed by atoms with E-state index in [0.29, 0.717) is 16.8 Å². The molecule has 1 amide bonds. The van der Waals surface area contributed by atoms with Gasteiger partial charge in [-0.3, -0.25) is 10.1 Å². The second-order valence-corrected chi connectivity index (χ2v) is 6.67. The van der Waals surface area contributed by atoms with Crippen molar-refractivity contribution in [1.82, 2.24) is 10.2 Å². The zero-order chi connectivity index (χ0) is 15.9. The van der Waals surface area contributed by atoms with Gasteiger partial charge < -0.3 is 4.74 Å². The van der Waals surface area contributed by atoms with E-state index in [1.54, 1.807) is 19.1 Å². The number of carbonyl (C=O) groups is 1. The van der Waals surface area contributed by atoms with E-state index in [4.69, 9.17) is 27.9 Å². The highest BCUT2D eigenvalue weighted by atomic mass is 35.5. The molecule has 1 aromatic heterocycles. The largest absolute Gasteiger partial charge is 0.494 e. The molecule has 0 aliphatic carbocycles. The third-order valence-corrected chi connectivity index (χ3v) is 4.02. The Labute approximate surface area is 142 Å². The lowest BCUT2D eigenvalue weighted by atomic mass is 10.3. The van der Waals surface area contributed by atoms with Crippen LogP contribution in [0.4, 0.5) is 5.13 Å². The summed E-state index contributed by atoms with van der Waals surface area (Å²) in [6.07, 6.45) is 1.54. The van der Waals surface area contributed by atoms with Crippen LogP contribution in [-0.4, -0.2) is 28.1 Å². The number of ether oxygens (including phenoxy) is 1. The lowest BCUT2D eigenvalue weighted by Gasteiger charge is -2.04. The zero-order valence-electron chi connectivity index (χ0n) is 11.9. The number of rotatable bonds is 7. The van der Waals surface area contributed by atoms with Gasteiger partial charge in [-0.25, -0.2) is 0 Å². The number of nitrogens with zero attached hydrogens (tertiary/aromatic N) is 2. The molecule has 1 atom stereocenters. The standard InChI is InChI=1S/C14H15Cl2N3O2S/c1-9(15)13(20)17-14-19-18-12(22-14)3-2-8-21-11-6-4-10(16)5-7-11/h4-7,9H,2-3,8H2,1H3,(H,17,19,20). The topological polar surface area (TPSA) is 64.1 Å². The minimum Gasteiger partial charge on any atom is -0.494 e. The van der Waals surface area contributed by atoms with Gasteiger partial charge in [-0.1, -0.05) is 22.9 Å². The fourth-order valence-corrected chi connectivity index (χ4v) is 2.52. The fourth-order valence-electron chi connectivity index (χ4n) is 1.55. The van der Waals surface area contributed by atoms with Crippen molar-refractivity contribution in [3.05, 3.63) is 34.3 Å². The average molecular weight is 360 g/mol. The summed E-state index contributed by atoms with van der Waals surface area (Å²) in [4.78, 5) is 11.4. The van der Waals surface area contributed by atoms with Gasteiger partial charge in [0.05, 0.1) is 6.61 Å². The molecule has 0 saturated carbocycles. The van der Waals surface area contributed by atoms with E-state index in [9.17, 15) is 4.79 Å². The highest BCUT2D eigenvalue weighted by Gasteiger charge is 2.12. The lowest BCUT2D eigenvalue weighted by Crippen LogP contribution is -2.20. The molecule has 0 fully saturated rings. The molecule has 0 radical (unpaired) electrons. The molecule has 8 heteroatoms. The van der Waals surface area contributed by atoms with Crippen LogP contribution < -0.4 is 10.1 Å². The van der Waals surface area contributed by atoms with Crippen LogP contribution in [0.5, 0.6) is 5.75 Å². The van der Waals surface area contributed by atoms with Gasteiger partial charge in [-0.15, -0.1) is 21.8 Å². The average Bonchev–Trinajstić information content (AvgIpc) is 2.93. The summed E-state index contributed by atoms with van der Waals surface area (Å²) in [6, 6.07) is 7.23. The molecule has 5 nitrogen and oxygen atoms in total. The van der Waals surface area contributed by atoms with Gasteiger partial charge in [0.25, 0.3) is 0 Å². The molecule has 0 saturated heterocycles. The predicted molar refractivity (Wildman–Crippen MR) is 89.1 cm³/mol. The van der Waals surface area contributed by atoms with Gasteiger partial charge in [0.2, 0.25) is 11.0 Å². The van der Waals surface area contributed by atoms with Crippen LogP contribution in [0.2, 0.25) is 5.02 Å². The molecule has 1 unspecified atom stereocenters. The Bertz CT molecular complexity index is 617. The first-order chi connectivity index (χ1) is 10.5.